The largest absolute Gasteiger partial charge is 0.356 e. The van der Waals surface area contributed by atoms with Gasteiger partial charge in [-0.3, -0.25) is 4.79 Å². The predicted molar refractivity (Wildman–Crippen MR) is 87.8 cm³/mol. The lowest BCUT2D eigenvalue weighted by molar-refractivity contribution is -0.126. The van der Waals surface area contributed by atoms with Crippen LogP contribution in [-0.2, 0) is 11.2 Å². The van der Waals surface area contributed by atoms with Crippen molar-refractivity contribution in [3.05, 3.63) is 48.0 Å². The first-order valence-corrected chi connectivity index (χ1v) is 7.57. The van der Waals surface area contributed by atoms with Crippen molar-refractivity contribution in [3.63, 3.8) is 0 Å². The van der Waals surface area contributed by atoms with Gasteiger partial charge in [0, 0.05) is 12.5 Å². The first-order valence-electron chi connectivity index (χ1n) is 7.57. The summed E-state index contributed by atoms with van der Waals surface area (Å²) in [5.41, 5.74) is 2.54. The van der Waals surface area contributed by atoms with Crippen LogP contribution in [0.25, 0.3) is 0 Å². The summed E-state index contributed by atoms with van der Waals surface area (Å²) in [4.78, 5) is 11.6. The summed E-state index contributed by atoms with van der Waals surface area (Å²) >= 11 is 0. The number of carbonyl (C=O) groups excluding carboxylic acids is 1. The van der Waals surface area contributed by atoms with Crippen molar-refractivity contribution >= 4 is 5.91 Å². The molecule has 0 unspecified atom stereocenters. The number of benzene rings is 1. The van der Waals surface area contributed by atoms with Gasteiger partial charge in [0.15, 0.2) is 0 Å². The van der Waals surface area contributed by atoms with Crippen LogP contribution in [0.3, 0.4) is 0 Å². The highest BCUT2D eigenvalue weighted by Gasteiger charge is 2.21. The Morgan fingerprint density at radius 1 is 1.40 bits per heavy atom. The summed E-state index contributed by atoms with van der Waals surface area (Å²) in [7, 11) is 0. The van der Waals surface area contributed by atoms with Crippen LogP contribution in [0.4, 0.5) is 0 Å². The van der Waals surface area contributed by atoms with Crippen LogP contribution >= 0.6 is 0 Å². The molecule has 0 spiro atoms. The van der Waals surface area contributed by atoms with Crippen molar-refractivity contribution in [2.24, 2.45) is 5.92 Å². The van der Waals surface area contributed by atoms with E-state index in [2.05, 4.69) is 43.1 Å². The second-order valence-electron chi connectivity index (χ2n) is 4.73. The number of hydrogen-bond acceptors (Lipinski definition) is 1. The summed E-state index contributed by atoms with van der Waals surface area (Å²) < 4.78 is 0. The van der Waals surface area contributed by atoms with Gasteiger partial charge in [-0.05, 0) is 38.7 Å². The maximum absolute atomic E-state index is 11.6. The molecule has 0 aliphatic carbocycles. The van der Waals surface area contributed by atoms with E-state index in [-0.39, 0.29) is 11.8 Å². The van der Waals surface area contributed by atoms with Crippen LogP contribution in [0.1, 0.15) is 44.7 Å². The third-order valence-corrected chi connectivity index (χ3v) is 2.96. The maximum atomic E-state index is 11.6. The molecule has 1 aromatic rings. The van der Waals surface area contributed by atoms with Crippen LogP contribution in [0.15, 0.2) is 36.9 Å². The molecule has 1 amide bonds. The summed E-state index contributed by atoms with van der Waals surface area (Å²) in [6.45, 7) is 12.2. The molecule has 20 heavy (non-hydrogen) atoms. The van der Waals surface area contributed by atoms with Crippen molar-refractivity contribution in [1.82, 2.24) is 5.32 Å². The second kappa shape index (κ2) is 11.3. The van der Waals surface area contributed by atoms with E-state index in [0.29, 0.717) is 0 Å². The van der Waals surface area contributed by atoms with Crippen molar-refractivity contribution in [3.8, 4) is 0 Å². The fraction of sp³-hybridized carbons (Fsp3) is 0.500. The van der Waals surface area contributed by atoms with E-state index in [9.17, 15) is 4.79 Å². The van der Waals surface area contributed by atoms with Crippen LogP contribution < -0.4 is 5.32 Å². The molecule has 0 aromatic heterocycles. The smallest absolute Gasteiger partial charge is 0.223 e. The Hall–Kier alpha value is -1.57. The van der Waals surface area contributed by atoms with Crippen molar-refractivity contribution in [1.29, 1.82) is 0 Å². The Balaban J connectivity index is 0.000000641. The maximum Gasteiger partial charge on any atom is 0.223 e. The fourth-order valence-corrected chi connectivity index (χ4v) is 2.15. The zero-order valence-electron chi connectivity index (χ0n) is 13.4. The van der Waals surface area contributed by atoms with E-state index in [1.165, 1.54) is 11.1 Å². The molecule has 1 fully saturated rings. The third kappa shape index (κ3) is 7.13. The van der Waals surface area contributed by atoms with Crippen LogP contribution in [0, 0.1) is 12.8 Å². The van der Waals surface area contributed by atoms with Gasteiger partial charge in [0.2, 0.25) is 5.91 Å². The van der Waals surface area contributed by atoms with Gasteiger partial charge < -0.3 is 5.32 Å². The lowest BCUT2D eigenvalue weighted by atomic mass is 9.91. The molecule has 1 aromatic carbocycles. The highest BCUT2D eigenvalue weighted by Crippen LogP contribution is 2.17. The Bertz CT molecular complexity index is 398. The predicted octanol–water partition coefficient (Wildman–Crippen LogP) is 4.28. The Morgan fingerprint density at radius 2 is 2.05 bits per heavy atom. The molecule has 112 valence electrons. The first kappa shape index (κ1) is 18.4. The van der Waals surface area contributed by atoms with E-state index in [0.717, 1.165) is 25.8 Å². The molecule has 2 nitrogen and oxygen atoms in total. The van der Waals surface area contributed by atoms with E-state index < -0.39 is 0 Å². The molecule has 1 aliphatic heterocycles. The highest BCUT2D eigenvalue weighted by molar-refractivity contribution is 5.79. The van der Waals surface area contributed by atoms with Gasteiger partial charge in [0.1, 0.15) is 0 Å². The number of rotatable bonds is 2. The number of amides is 1. The molecule has 0 radical (unpaired) electrons. The summed E-state index contributed by atoms with van der Waals surface area (Å²) in [6, 6.07) is 8.42. The molecule has 1 aliphatic rings. The van der Waals surface area contributed by atoms with Gasteiger partial charge in [-0.15, -0.1) is 6.58 Å². The molecule has 1 heterocycles. The number of carbonyl (C=O) groups is 1. The van der Waals surface area contributed by atoms with E-state index >= 15 is 0 Å². The zero-order valence-corrected chi connectivity index (χ0v) is 13.4. The molecular weight excluding hydrogens is 246 g/mol. The minimum Gasteiger partial charge on any atom is -0.356 e. The lowest BCUT2D eigenvalue weighted by Crippen LogP contribution is -2.37. The lowest BCUT2D eigenvalue weighted by Gasteiger charge is -2.21. The molecular formula is C18H29NO. The molecule has 1 atom stereocenters. The molecule has 0 saturated carbocycles. The van der Waals surface area contributed by atoms with Crippen LogP contribution in [0.5, 0.6) is 0 Å². The minimum absolute atomic E-state index is 0.181. The number of allylic oxidation sites excluding steroid dienone is 1. The standard InChI is InChI=1S/C13H17NO.C3H6.C2H6/c1-10-4-2-5-11(8-10)9-12-6-3-7-14-13(12)15;1-3-2;1-2/h2,4-5,8,12H,3,6-7,9H2,1H3,(H,14,15);3H,1H2,2H3;1-2H3/t12-;;/m0../s1. The van der Waals surface area contributed by atoms with Crippen molar-refractivity contribution < 1.29 is 4.79 Å². The third-order valence-electron chi connectivity index (χ3n) is 2.96. The topological polar surface area (TPSA) is 29.1 Å². The van der Waals surface area contributed by atoms with Gasteiger partial charge in [0.05, 0.1) is 0 Å². The molecule has 2 rings (SSSR count). The minimum atomic E-state index is 0.181. The van der Waals surface area contributed by atoms with Gasteiger partial charge in [0.25, 0.3) is 0 Å². The summed E-state index contributed by atoms with van der Waals surface area (Å²) in [5.74, 6) is 0.406. The number of aryl methyl sites for hydroxylation is 1. The van der Waals surface area contributed by atoms with Gasteiger partial charge in [-0.25, -0.2) is 0 Å². The normalized spacial score (nSPS) is 16.8. The second-order valence-corrected chi connectivity index (χ2v) is 4.73. The van der Waals surface area contributed by atoms with Gasteiger partial charge >= 0.3 is 0 Å². The van der Waals surface area contributed by atoms with E-state index in [1.54, 1.807) is 6.08 Å². The average Bonchev–Trinajstić information content (AvgIpc) is 2.45. The quantitative estimate of drug-likeness (QED) is 0.802. The Morgan fingerprint density at radius 3 is 2.60 bits per heavy atom. The molecule has 1 N–H and O–H groups in total. The fourth-order valence-electron chi connectivity index (χ4n) is 2.15. The van der Waals surface area contributed by atoms with Crippen molar-refractivity contribution in [2.75, 3.05) is 6.54 Å². The molecule has 2 heteroatoms. The van der Waals surface area contributed by atoms with Gasteiger partial charge in [-0.2, -0.15) is 0 Å². The number of piperidine rings is 1. The average molecular weight is 275 g/mol. The monoisotopic (exact) mass is 275 g/mol. The van der Waals surface area contributed by atoms with E-state index in [4.69, 9.17) is 0 Å². The highest BCUT2D eigenvalue weighted by atomic mass is 16.1. The molecule has 1 saturated heterocycles. The first-order chi connectivity index (χ1) is 9.67. The Kier molecular flexibility index (Phi) is 10.4. The summed E-state index contributed by atoms with van der Waals surface area (Å²) in [5, 5.41) is 2.93. The van der Waals surface area contributed by atoms with E-state index in [1.807, 2.05) is 20.8 Å². The number of nitrogens with one attached hydrogen (secondary N) is 1. The van der Waals surface area contributed by atoms with Crippen LogP contribution in [-0.4, -0.2) is 12.5 Å². The van der Waals surface area contributed by atoms with Crippen LogP contribution in [0.2, 0.25) is 0 Å². The molecule has 0 bridgehead atoms. The van der Waals surface area contributed by atoms with Crippen molar-refractivity contribution in [2.45, 2.75) is 47.0 Å². The zero-order chi connectivity index (χ0) is 15.4. The Labute approximate surface area is 124 Å². The van der Waals surface area contributed by atoms with Gasteiger partial charge in [-0.1, -0.05) is 49.8 Å². The number of hydrogen-bond donors (Lipinski definition) is 1. The summed E-state index contributed by atoms with van der Waals surface area (Å²) in [6.07, 6.45) is 4.77. The SMILES string of the molecule is C=CC.CC.Cc1cccc(C[C@@H]2CCCNC2=O)c1.